The summed E-state index contributed by atoms with van der Waals surface area (Å²) >= 11 is 0. The highest BCUT2D eigenvalue weighted by atomic mass is 32.3. The topological polar surface area (TPSA) is 83.8 Å². The van der Waals surface area contributed by atoms with Crippen molar-refractivity contribution < 1.29 is 24.5 Å². The van der Waals surface area contributed by atoms with Crippen molar-refractivity contribution >= 4 is 22.0 Å². The quantitative estimate of drug-likeness (QED) is 0.785. The Hall–Kier alpha value is -1.43. The van der Waals surface area contributed by atoms with Crippen molar-refractivity contribution in [1.29, 1.82) is 0 Å². The zero-order valence-corrected chi connectivity index (χ0v) is 10.3. The molecule has 0 atom stereocenters. The van der Waals surface area contributed by atoms with Gasteiger partial charge in [0.15, 0.2) is 0 Å². The fourth-order valence-corrected chi connectivity index (χ4v) is 4.57. The molecule has 2 N–H and O–H groups in total. The molecule has 0 saturated carbocycles. The van der Waals surface area contributed by atoms with Crippen molar-refractivity contribution in [2.24, 2.45) is 0 Å². The molecule has 1 aliphatic heterocycles. The van der Waals surface area contributed by atoms with Crippen LogP contribution in [0.25, 0.3) is 0 Å². The Bertz CT molecular complexity index is 430. The number of rotatable bonds is 3. The summed E-state index contributed by atoms with van der Waals surface area (Å²) < 4.78 is 5.01. The molecular weight excluding hydrogens is 232 g/mol. The van der Waals surface area contributed by atoms with Crippen molar-refractivity contribution in [3.63, 3.8) is 0 Å². The van der Waals surface area contributed by atoms with Gasteiger partial charge in [-0.15, -0.1) is 0 Å². The van der Waals surface area contributed by atoms with Crippen molar-refractivity contribution in [2.75, 3.05) is 19.6 Å². The summed E-state index contributed by atoms with van der Waals surface area (Å²) in [7, 11) is -0.652. The number of hydrogen-bond acceptors (Lipinski definition) is 3. The molecule has 0 saturated heterocycles. The molecule has 0 bridgehead atoms. The first-order valence-electron chi connectivity index (χ1n) is 4.44. The Morgan fingerprint density at radius 1 is 1.12 bits per heavy atom. The largest absolute Gasteiger partial charge is 0.495 e. The van der Waals surface area contributed by atoms with Crippen LogP contribution >= 0.6 is 10.0 Å². The molecule has 1 aliphatic rings. The average Bonchev–Trinajstić information content (AvgIpc) is 2.31. The lowest BCUT2D eigenvalue weighted by molar-refractivity contribution is -0.132. The van der Waals surface area contributed by atoms with Crippen molar-refractivity contribution in [3.8, 4) is 0 Å². The lowest BCUT2D eigenvalue weighted by atomic mass is 10.2. The third kappa shape index (κ3) is 1.59. The molecule has 6 heteroatoms. The molecule has 0 spiro atoms. The minimum Gasteiger partial charge on any atom is -0.495 e. The molecule has 16 heavy (non-hydrogen) atoms. The van der Waals surface area contributed by atoms with Crippen molar-refractivity contribution in [1.82, 2.24) is 0 Å². The van der Waals surface area contributed by atoms with Gasteiger partial charge in [-0.25, -0.2) is 9.59 Å². The van der Waals surface area contributed by atoms with Gasteiger partial charge in [0.05, 0.1) is 12.0 Å². The maximum absolute atomic E-state index is 11.2. The molecule has 1 heterocycles. The average molecular weight is 246 g/mol. The van der Waals surface area contributed by atoms with Crippen LogP contribution in [0.2, 0.25) is 0 Å². The summed E-state index contributed by atoms with van der Waals surface area (Å²) in [6, 6.07) is 0. The van der Waals surface area contributed by atoms with Gasteiger partial charge in [-0.05, 0) is 19.4 Å². The monoisotopic (exact) mass is 246 g/mol. The van der Waals surface area contributed by atoms with Crippen LogP contribution in [0.5, 0.6) is 0 Å². The smallest absolute Gasteiger partial charge is 0.344 e. The normalized spacial score (nSPS) is 21.0. The summed E-state index contributed by atoms with van der Waals surface area (Å²) in [4.78, 5) is 22.5. The number of carbonyl (C=O) groups is 2. The van der Waals surface area contributed by atoms with E-state index in [9.17, 15) is 9.59 Å². The molecule has 0 unspecified atom stereocenters. The fourth-order valence-electron chi connectivity index (χ4n) is 1.93. The third-order valence-corrected chi connectivity index (χ3v) is 5.38. The van der Waals surface area contributed by atoms with E-state index in [2.05, 4.69) is 0 Å². The maximum atomic E-state index is 11.2. The molecule has 0 radical (unpaired) electrons. The molecule has 0 aromatic heterocycles. The summed E-state index contributed by atoms with van der Waals surface area (Å²) in [6.07, 6.45) is 3.30. The van der Waals surface area contributed by atoms with Crippen LogP contribution in [0, 0.1) is 0 Å². The lowest BCUT2D eigenvalue weighted by Gasteiger charge is -2.28. The summed E-state index contributed by atoms with van der Waals surface area (Å²) in [5.41, 5.74) is 0.410. The van der Waals surface area contributed by atoms with Gasteiger partial charge in [-0.1, -0.05) is 0 Å². The van der Waals surface area contributed by atoms with E-state index < -0.39 is 22.0 Å². The van der Waals surface area contributed by atoms with Gasteiger partial charge in [0.2, 0.25) is 0 Å². The van der Waals surface area contributed by atoms with Crippen LogP contribution < -0.4 is 0 Å². The fraction of sp³-hybridized carbons (Fsp3) is 0.400. The van der Waals surface area contributed by atoms with Gasteiger partial charge in [0.25, 0.3) is 0 Å². The van der Waals surface area contributed by atoms with E-state index in [-0.39, 0.29) is 15.6 Å². The Kier molecular flexibility index (Phi) is 3.05. The van der Waals surface area contributed by atoms with Gasteiger partial charge in [-0.3, -0.25) is 0 Å². The predicted molar refractivity (Wildman–Crippen MR) is 61.4 cm³/mol. The van der Waals surface area contributed by atoms with Crippen molar-refractivity contribution in [3.05, 3.63) is 21.1 Å². The zero-order valence-electron chi connectivity index (χ0n) is 9.53. The Labute approximate surface area is 94.7 Å². The third-order valence-electron chi connectivity index (χ3n) is 2.50. The molecule has 5 nitrogen and oxygen atoms in total. The van der Waals surface area contributed by atoms with E-state index in [1.54, 1.807) is 19.4 Å². The zero-order chi connectivity index (χ0) is 12.7. The van der Waals surface area contributed by atoms with E-state index >= 15 is 0 Å². The van der Waals surface area contributed by atoms with E-state index in [1.165, 1.54) is 7.11 Å². The summed E-state index contributed by atoms with van der Waals surface area (Å²) in [5, 5.41) is 18.3. The van der Waals surface area contributed by atoms with Gasteiger partial charge >= 0.3 is 11.9 Å². The molecule has 1 rings (SSSR count). The number of methoxy groups -OCH3 is 1. The number of carboxylic acids is 2. The van der Waals surface area contributed by atoms with E-state index in [1.807, 2.05) is 0 Å². The van der Waals surface area contributed by atoms with Crippen LogP contribution in [0.15, 0.2) is 21.1 Å². The Morgan fingerprint density at radius 3 is 1.81 bits per heavy atom. The van der Waals surface area contributed by atoms with Crippen LogP contribution in [-0.4, -0.2) is 41.8 Å². The maximum Gasteiger partial charge on any atom is 0.344 e. The van der Waals surface area contributed by atoms with Crippen LogP contribution in [-0.2, 0) is 14.3 Å². The minimum atomic E-state index is -2.00. The highest BCUT2D eigenvalue weighted by Crippen LogP contribution is 2.63. The second-order valence-electron chi connectivity index (χ2n) is 3.75. The number of hydrogen-bond donors (Lipinski definition) is 2. The lowest BCUT2D eigenvalue weighted by Crippen LogP contribution is -2.13. The second kappa shape index (κ2) is 3.86. The van der Waals surface area contributed by atoms with Crippen molar-refractivity contribution in [2.45, 2.75) is 6.92 Å². The van der Waals surface area contributed by atoms with Gasteiger partial charge in [-0.2, -0.15) is 10.0 Å². The molecule has 90 valence electrons. The summed E-state index contributed by atoms with van der Waals surface area (Å²) in [5.74, 6) is -2.01. The molecular formula is C10H14O5S. The molecule has 0 amide bonds. The van der Waals surface area contributed by atoms with Gasteiger partial charge in [0.1, 0.15) is 10.7 Å². The highest BCUT2D eigenvalue weighted by molar-refractivity contribution is 8.40. The van der Waals surface area contributed by atoms with Crippen LogP contribution in [0.1, 0.15) is 6.92 Å². The Morgan fingerprint density at radius 2 is 1.56 bits per heavy atom. The number of allylic oxidation sites excluding steroid dienone is 1. The van der Waals surface area contributed by atoms with E-state index in [0.717, 1.165) is 0 Å². The number of ether oxygens (including phenoxy) is 1. The Balaban J connectivity index is 3.51. The van der Waals surface area contributed by atoms with E-state index in [0.29, 0.717) is 5.57 Å². The van der Waals surface area contributed by atoms with Crippen LogP contribution in [0.4, 0.5) is 0 Å². The molecule has 0 aromatic rings. The van der Waals surface area contributed by atoms with Gasteiger partial charge < -0.3 is 14.9 Å². The van der Waals surface area contributed by atoms with E-state index in [4.69, 9.17) is 14.9 Å². The number of carboxylic acid groups (broad SMARTS) is 2. The predicted octanol–water partition coefficient (Wildman–Crippen LogP) is 1.37. The number of aliphatic carboxylic acids is 2. The molecule has 0 aliphatic carbocycles. The minimum absolute atomic E-state index is 0.0740. The van der Waals surface area contributed by atoms with Gasteiger partial charge in [0, 0.05) is 5.57 Å². The second-order valence-corrected chi connectivity index (χ2v) is 7.22. The highest BCUT2D eigenvalue weighted by Gasteiger charge is 2.42. The molecule has 0 fully saturated rings. The van der Waals surface area contributed by atoms with Crippen LogP contribution in [0.3, 0.4) is 0 Å². The first kappa shape index (κ1) is 12.6. The molecule has 0 aromatic carbocycles. The summed E-state index contributed by atoms with van der Waals surface area (Å²) in [6.45, 7) is 1.58. The standard InChI is InChI=1S/C10H14O5S/c1-5-6(15-2)8(10(13)14)16(3,4)7(5)9(11)12/h1-4H3,(H,11,12)(H,13,14). The first-order valence-corrected chi connectivity index (χ1v) is 6.89. The SMILES string of the molecule is COC1=C(C(=O)O)S(C)(C)C(C(=O)O)=C1C. The first-order chi connectivity index (χ1) is 7.25.